The number of nitrogens with zero attached hydrogens (tertiary/aromatic N) is 3. The Balaban J connectivity index is 1.86. The van der Waals surface area contributed by atoms with E-state index in [4.69, 9.17) is 0 Å². The molecular weight excluding hydrogens is 556 g/mol. The minimum atomic E-state index is -0.710. The van der Waals surface area contributed by atoms with Crippen molar-refractivity contribution in [2.75, 3.05) is 26.5 Å². The molecule has 3 aromatic carbocycles. The number of likely N-dealkylation sites (N-methyl/N-ethyl adjacent to an activating group) is 1. The standard InChI is InChI=1S/C32H31F2N5O4/c1-18-25(7-6-8-26(18)31(42)38(4)5)27-16-36-29(37-30(41)19(2)35-3)32(43)39(27)17-20-13-22(15-24(34)14-20)28(40)21-9-11-23(33)12-10-21/h6-16,19,35H,17H2,1-5H3,(H,36,37,41)/t19-/m0/s1. The fraction of sp³-hybridized carbons (Fsp3) is 0.219. The van der Waals surface area contributed by atoms with Gasteiger partial charge in [0.2, 0.25) is 5.91 Å². The van der Waals surface area contributed by atoms with E-state index in [2.05, 4.69) is 15.6 Å². The lowest BCUT2D eigenvalue weighted by Gasteiger charge is -2.19. The molecule has 0 radical (unpaired) electrons. The van der Waals surface area contributed by atoms with E-state index in [0.717, 1.165) is 18.2 Å². The van der Waals surface area contributed by atoms with E-state index >= 15 is 0 Å². The number of ketones is 1. The van der Waals surface area contributed by atoms with Gasteiger partial charge in [-0.25, -0.2) is 13.8 Å². The molecule has 2 amide bonds. The number of carbonyl (C=O) groups excluding carboxylic acids is 3. The quantitative estimate of drug-likeness (QED) is 0.286. The van der Waals surface area contributed by atoms with Crippen LogP contribution < -0.4 is 16.2 Å². The van der Waals surface area contributed by atoms with Crippen molar-refractivity contribution in [1.29, 1.82) is 0 Å². The van der Waals surface area contributed by atoms with E-state index in [9.17, 15) is 28.0 Å². The number of carbonyl (C=O) groups is 3. The predicted octanol–water partition coefficient (Wildman–Crippen LogP) is 4.02. The van der Waals surface area contributed by atoms with E-state index in [-0.39, 0.29) is 35.0 Å². The zero-order valence-electron chi connectivity index (χ0n) is 24.4. The third-order valence-electron chi connectivity index (χ3n) is 7.04. The van der Waals surface area contributed by atoms with Crippen LogP contribution in [-0.2, 0) is 11.3 Å². The highest BCUT2D eigenvalue weighted by Crippen LogP contribution is 2.27. The Morgan fingerprint density at radius 2 is 1.67 bits per heavy atom. The summed E-state index contributed by atoms with van der Waals surface area (Å²) in [6.45, 7) is 3.16. The van der Waals surface area contributed by atoms with Gasteiger partial charge in [-0.05, 0) is 80.6 Å². The third kappa shape index (κ3) is 6.73. The van der Waals surface area contributed by atoms with Gasteiger partial charge < -0.3 is 15.5 Å². The van der Waals surface area contributed by atoms with Crippen LogP contribution in [0.5, 0.6) is 0 Å². The van der Waals surface area contributed by atoms with Crippen LogP contribution in [0, 0.1) is 18.6 Å². The lowest BCUT2D eigenvalue weighted by Crippen LogP contribution is -2.38. The molecule has 0 aliphatic carbocycles. The first-order valence-corrected chi connectivity index (χ1v) is 13.4. The Bertz CT molecular complexity index is 1770. The van der Waals surface area contributed by atoms with Gasteiger partial charge in [0, 0.05) is 36.3 Å². The molecule has 0 unspecified atom stereocenters. The van der Waals surface area contributed by atoms with Crippen molar-refractivity contribution in [2.24, 2.45) is 0 Å². The van der Waals surface area contributed by atoms with Gasteiger partial charge in [0.15, 0.2) is 11.6 Å². The zero-order chi connectivity index (χ0) is 31.4. The molecule has 0 bridgehead atoms. The average molecular weight is 588 g/mol. The number of anilines is 1. The van der Waals surface area contributed by atoms with E-state index in [1.807, 2.05) is 0 Å². The van der Waals surface area contributed by atoms with Crippen LogP contribution in [-0.4, -0.2) is 59.2 Å². The van der Waals surface area contributed by atoms with Crippen LogP contribution in [0.1, 0.15) is 44.3 Å². The van der Waals surface area contributed by atoms with Gasteiger partial charge in [0.1, 0.15) is 11.6 Å². The molecule has 1 aromatic heterocycles. The molecule has 9 nitrogen and oxygen atoms in total. The number of halogens is 2. The van der Waals surface area contributed by atoms with Crippen molar-refractivity contribution in [2.45, 2.75) is 26.4 Å². The zero-order valence-corrected chi connectivity index (χ0v) is 24.4. The van der Waals surface area contributed by atoms with Gasteiger partial charge in [0.05, 0.1) is 24.5 Å². The second-order valence-electron chi connectivity index (χ2n) is 10.2. The van der Waals surface area contributed by atoms with Gasteiger partial charge in [-0.2, -0.15) is 0 Å². The monoisotopic (exact) mass is 587 g/mol. The number of hydrogen-bond donors (Lipinski definition) is 2. The molecule has 0 aliphatic rings. The molecule has 0 spiro atoms. The van der Waals surface area contributed by atoms with Gasteiger partial charge in [0.25, 0.3) is 11.5 Å². The first-order valence-electron chi connectivity index (χ1n) is 13.4. The topological polar surface area (TPSA) is 113 Å². The van der Waals surface area contributed by atoms with Crippen LogP contribution in [0.15, 0.2) is 71.7 Å². The summed E-state index contributed by atoms with van der Waals surface area (Å²) in [7, 11) is 4.85. The highest BCUT2D eigenvalue weighted by atomic mass is 19.1. The summed E-state index contributed by atoms with van der Waals surface area (Å²) < 4.78 is 29.5. The van der Waals surface area contributed by atoms with E-state index in [0.29, 0.717) is 22.4 Å². The van der Waals surface area contributed by atoms with Gasteiger partial charge in [-0.15, -0.1) is 0 Å². The van der Waals surface area contributed by atoms with E-state index < -0.39 is 34.9 Å². The van der Waals surface area contributed by atoms with Crippen molar-refractivity contribution < 1.29 is 23.2 Å². The molecule has 0 saturated heterocycles. The lowest BCUT2D eigenvalue weighted by atomic mass is 9.98. The average Bonchev–Trinajstić information content (AvgIpc) is 2.98. The first kappa shape index (κ1) is 30.9. The Morgan fingerprint density at radius 3 is 2.33 bits per heavy atom. The van der Waals surface area contributed by atoms with E-state index in [1.54, 1.807) is 53.2 Å². The molecule has 1 heterocycles. The van der Waals surface area contributed by atoms with E-state index in [1.165, 1.54) is 39.9 Å². The fourth-order valence-electron chi connectivity index (χ4n) is 4.51. The smallest absolute Gasteiger partial charge is 0.294 e. The molecular formula is C32H31F2N5O4. The van der Waals surface area contributed by atoms with Gasteiger partial charge >= 0.3 is 0 Å². The molecule has 11 heteroatoms. The molecule has 0 fully saturated rings. The highest BCUT2D eigenvalue weighted by molar-refractivity contribution is 6.09. The second kappa shape index (κ2) is 12.9. The second-order valence-corrected chi connectivity index (χ2v) is 10.2. The Kier molecular flexibility index (Phi) is 9.25. The minimum Gasteiger partial charge on any atom is -0.345 e. The van der Waals surface area contributed by atoms with Crippen molar-refractivity contribution in [3.63, 3.8) is 0 Å². The third-order valence-corrected chi connectivity index (χ3v) is 7.04. The van der Waals surface area contributed by atoms with Crippen LogP contribution in [0.3, 0.4) is 0 Å². The summed E-state index contributed by atoms with van der Waals surface area (Å²) in [6.07, 6.45) is 1.40. The number of amides is 2. The van der Waals surface area contributed by atoms with Crippen LogP contribution in [0.2, 0.25) is 0 Å². The molecule has 0 aliphatic heterocycles. The maximum Gasteiger partial charge on any atom is 0.294 e. The number of aromatic nitrogens is 2. The molecule has 4 rings (SSSR count). The highest BCUT2D eigenvalue weighted by Gasteiger charge is 2.21. The molecule has 2 N–H and O–H groups in total. The number of nitrogens with one attached hydrogen (secondary N) is 2. The van der Waals surface area contributed by atoms with Crippen LogP contribution >= 0.6 is 0 Å². The van der Waals surface area contributed by atoms with Crippen molar-refractivity contribution in [3.05, 3.63) is 117 Å². The largest absolute Gasteiger partial charge is 0.345 e. The Morgan fingerprint density at radius 1 is 0.977 bits per heavy atom. The SMILES string of the molecule is CN[C@@H](C)C(=O)Nc1ncc(-c2cccc(C(=O)N(C)C)c2C)n(Cc2cc(F)cc(C(=O)c3ccc(F)cc3)c2)c1=O. The number of benzene rings is 3. The number of hydrogen-bond acceptors (Lipinski definition) is 6. The summed E-state index contributed by atoms with van der Waals surface area (Å²) in [4.78, 5) is 57.9. The van der Waals surface area contributed by atoms with Crippen LogP contribution in [0.25, 0.3) is 11.3 Å². The summed E-state index contributed by atoms with van der Waals surface area (Å²) in [5.41, 5.74) is 1.62. The van der Waals surface area contributed by atoms with Crippen LogP contribution in [0.4, 0.5) is 14.6 Å². The normalized spacial score (nSPS) is 11.6. The summed E-state index contributed by atoms with van der Waals surface area (Å²) in [5, 5.41) is 5.32. The maximum atomic E-state index is 14.8. The molecule has 222 valence electrons. The van der Waals surface area contributed by atoms with Gasteiger partial charge in [-0.3, -0.25) is 23.7 Å². The molecule has 0 saturated carbocycles. The Hall–Kier alpha value is -5.03. The summed E-state index contributed by atoms with van der Waals surface area (Å²) >= 11 is 0. The molecule has 4 aromatic rings. The van der Waals surface area contributed by atoms with Crippen molar-refractivity contribution >= 4 is 23.4 Å². The number of rotatable bonds is 9. The molecule has 43 heavy (non-hydrogen) atoms. The molecule has 1 atom stereocenters. The lowest BCUT2D eigenvalue weighted by molar-refractivity contribution is -0.117. The summed E-state index contributed by atoms with van der Waals surface area (Å²) in [6, 6.07) is 13.1. The fourth-order valence-corrected chi connectivity index (χ4v) is 4.51. The van der Waals surface area contributed by atoms with Gasteiger partial charge in [-0.1, -0.05) is 12.1 Å². The minimum absolute atomic E-state index is 0.0105. The summed E-state index contributed by atoms with van der Waals surface area (Å²) in [5.74, 6) is -2.72. The predicted molar refractivity (Wildman–Crippen MR) is 159 cm³/mol. The van der Waals surface area contributed by atoms with Crippen molar-refractivity contribution in [1.82, 2.24) is 19.8 Å². The first-order chi connectivity index (χ1) is 20.4. The maximum absolute atomic E-state index is 14.8. The van der Waals surface area contributed by atoms with Crippen molar-refractivity contribution in [3.8, 4) is 11.3 Å². The Labute approximate surface area is 247 Å².